The van der Waals surface area contributed by atoms with Gasteiger partial charge >= 0.3 is 0 Å². The van der Waals surface area contributed by atoms with Crippen LogP contribution < -0.4 is 10.1 Å². The maximum atomic E-state index is 12.7. The van der Waals surface area contributed by atoms with E-state index in [4.69, 9.17) is 9.26 Å². The molecule has 0 saturated carbocycles. The van der Waals surface area contributed by atoms with Gasteiger partial charge in [0.05, 0.1) is 11.3 Å². The Bertz CT molecular complexity index is 1150. The standard InChI is InChI=1S/C25H23N3O3/c1-17(2)18-12-14-19(15-13-18)24(29)26-22-11-7-6-10-21(22)25-27-23(28-31-25)16-30-20-8-4-3-5-9-20/h3-15,17H,16H2,1-2H3,(H,26,29). The average molecular weight is 413 g/mol. The number of hydrogen-bond acceptors (Lipinski definition) is 5. The van der Waals surface area contributed by atoms with Crippen LogP contribution in [0.5, 0.6) is 5.75 Å². The molecular formula is C25H23N3O3. The van der Waals surface area contributed by atoms with Gasteiger partial charge in [-0.3, -0.25) is 4.79 Å². The highest BCUT2D eigenvalue weighted by Crippen LogP contribution is 2.27. The van der Waals surface area contributed by atoms with E-state index in [0.717, 1.165) is 5.75 Å². The number of nitrogens with zero attached hydrogens (tertiary/aromatic N) is 2. The van der Waals surface area contributed by atoms with Crippen LogP contribution in [-0.2, 0) is 6.61 Å². The Hall–Kier alpha value is -3.93. The number of amides is 1. The van der Waals surface area contributed by atoms with Crippen molar-refractivity contribution in [3.05, 3.63) is 95.8 Å². The summed E-state index contributed by atoms with van der Waals surface area (Å²) >= 11 is 0. The van der Waals surface area contributed by atoms with Crippen LogP contribution >= 0.6 is 0 Å². The fourth-order valence-electron chi connectivity index (χ4n) is 3.08. The number of benzene rings is 3. The summed E-state index contributed by atoms with van der Waals surface area (Å²) in [5, 5.41) is 6.93. The van der Waals surface area contributed by atoms with E-state index in [1.165, 1.54) is 5.56 Å². The summed E-state index contributed by atoms with van der Waals surface area (Å²) in [5.41, 5.74) is 3.02. The van der Waals surface area contributed by atoms with E-state index in [-0.39, 0.29) is 12.5 Å². The normalized spacial score (nSPS) is 10.8. The number of nitrogens with one attached hydrogen (secondary N) is 1. The van der Waals surface area contributed by atoms with Gasteiger partial charge in [0, 0.05) is 5.56 Å². The van der Waals surface area contributed by atoms with E-state index >= 15 is 0 Å². The quantitative estimate of drug-likeness (QED) is 0.421. The predicted molar refractivity (Wildman–Crippen MR) is 119 cm³/mol. The molecule has 0 spiro atoms. The van der Waals surface area contributed by atoms with Gasteiger partial charge in [-0.25, -0.2) is 0 Å². The second-order valence-electron chi connectivity index (χ2n) is 7.39. The molecule has 0 atom stereocenters. The van der Waals surface area contributed by atoms with E-state index in [1.54, 1.807) is 6.07 Å². The van der Waals surface area contributed by atoms with Gasteiger partial charge in [0.15, 0.2) is 6.61 Å². The molecule has 1 heterocycles. The summed E-state index contributed by atoms with van der Waals surface area (Å²) in [6, 6.07) is 24.4. The number of rotatable bonds is 7. The molecule has 0 bridgehead atoms. The predicted octanol–water partition coefficient (Wildman–Crippen LogP) is 5.69. The smallest absolute Gasteiger partial charge is 0.260 e. The SMILES string of the molecule is CC(C)c1ccc(C(=O)Nc2ccccc2-c2nc(COc3ccccc3)no2)cc1. The van der Waals surface area contributed by atoms with Crippen molar-refractivity contribution in [1.82, 2.24) is 10.1 Å². The number of carbonyl (C=O) groups is 1. The van der Waals surface area contributed by atoms with Crippen molar-refractivity contribution >= 4 is 11.6 Å². The molecule has 0 aliphatic carbocycles. The van der Waals surface area contributed by atoms with Crippen molar-refractivity contribution in [2.24, 2.45) is 0 Å². The summed E-state index contributed by atoms with van der Waals surface area (Å²) in [7, 11) is 0. The van der Waals surface area contributed by atoms with Crippen molar-refractivity contribution in [3.8, 4) is 17.2 Å². The average Bonchev–Trinajstić information content (AvgIpc) is 3.27. The first-order valence-corrected chi connectivity index (χ1v) is 10.1. The molecule has 156 valence electrons. The minimum absolute atomic E-state index is 0.185. The number of hydrogen-bond donors (Lipinski definition) is 1. The van der Waals surface area contributed by atoms with Gasteiger partial charge in [-0.1, -0.05) is 61.5 Å². The molecule has 4 rings (SSSR count). The van der Waals surface area contributed by atoms with E-state index in [0.29, 0.717) is 34.4 Å². The van der Waals surface area contributed by atoms with Crippen LogP contribution in [0.2, 0.25) is 0 Å². The van der Waals surface area contributed by atoms with Crippen LogP contribution in [0.4, 0.5) is 5.69 Å². The first-order valence-electron chi connectivity index (χ1n) is 10.1. The highest BCUT2D eigenvalue weighted by atomic mass is 16.5. The molecule has 6 nitrogen and oxygen atoms in total. The van der Waals surface area contributed by atoms with Crippen LogP contribution in [0.1, 0.15) is 41.5 Å². The number of ether oxygens (including phenoxy) is 1. The Morgan fingerprint density at radius 1 is 0.968 bits per heavy atom. The first-order chi connectivity index (χ1) is 15.1. The van der Waals surface area contributed by atoms with Crippen molar-refractivity contribution in [3.63, 3.8) is 0 Å². The van der Waals surface area contributed by atoms with Gasteiger partial charge in [0.2, 0.25) is 5.82 Å². The molecule has 0 unspecified atom stereocenters. The lowest BCUT2D eigenvalue weighted by Crippen LogP contribution is -2.12. The fraction of sp³-hybridized carbons (Fsp3) is 0.160. The Morgan fingerprint density at radius 3 is 2.42 bits per heavy atom. The Morgan fingerprint density at radius 2 is 1.68 bits per heavy atom. The maximum Gasteiger partial charge on any atom is 0.260 e. The van der Waals surface area contributed by atoms with Crippen LogP contribution in [0.25, 0.3) is 11.5 Å². The second kappa shape index (κ2) is 9.26. The molecule has 1 amide bonds. The van der Waals surface area contributed by atoms with Gasteiger partial charge in [0.25, 0.3) is 11.8 Å². The third kappa shape index (κ3) is 4.98. The van der Waals surface area contributed by atoms with E-state index < -0.39 is 0 Å². The second-order valence-corrected chi connectivity index (χ2v) is 7.39. The Labute approximate surface area is 180 Å². The lowest BCUT2D eigenvalue weighted by Gasteiger charge is -2.10. The van der Waals surface area contributed by atoms with Crippen LogP contribution in [-0.4, -0.2) is 16.0 Å². The first kappa shape index (κ1) is 20.3. The minimum atomic E-state index is -0.199. The summed E-state index contributed by atoms with van der Waals surface area (Å²) in [6.07, 6.45) is 0. The topological polar surface area (TPSA) is 77.2 Å². The lowest BCUT2D eigenvalue weighted by molar-refractivity contribution is 0.102. The fourth-order valence-corrected chi connectivity index (χ4v) is 3.08. The van der Waals surface area contributed by atoms with Gasteiger partial charge in [-0.05, 0) is 47.9 Å². The lowest BCUT2D eigenvalue weighted by atomic mass is 10.0. The minimum Gasteiger partial charge on any atom is -0.485 e. The third-order valence-corrected chi connectivity index (χ3v) is 4.82. The highest BCUT2D eigenvalue weighted by molar-refractivity contribution is 6.06. The zero-order valence-corrected chi connectivity index (χ0v) is 17.4. The monoisotopic (exact) mass is 413 g/mol. The molecule has 0 radical (unpaired) electrons. The molecule has 0 saturated heterocycles. The molecule has 0 fully saturated rings. The summed E-state index contributed by atoms with van der Waals surface area (Å²) in [5.74, 6) is 1.68. The van der Waals surface area contributed by atoms with E-state index in [9.17, 15) is 4.79 Å². The van der Waals surface area contributed by atoms with E-state index in [1.807, 2.05) is 72.8 Å². The molecule has 3 aromatic carbocycles. The Balaban J connectivity index is 1.48. The number of carbonyl (C=O) groups excluding carboxylic acids is 1. The van der Waals surface area contributed by atoms with Crippen molar-refractivity contribution in [2.75, 3.05) is 5.32 Å². The molecule has 6 heteroatoms. The maximum absolute atomic E-state index is 12.7. The summed E-state index contributed by atoms with van der Waals surface area (Å²) in [6.45, 7) is 4.42. The van der Waals surface area contributed by atoms with Gasteiger partial charge in [-0.15, -0.1) is 0 Å². The number of anilines is 1. The van der Waals surface area contributed by atoms with Crippen molar-refractivity contribution in [2.45, 2.75) is 26.4 Å². The largest absolute Gasteiger partial charge is 0.485 e. The molecule has 1 N–H and O–H groups in total. The van der Waals surface area contributed by atoms with Crippen molar-refractivity contribution in [1.29, 1.82) is 0 Å². The van der Waals surface area contributed by atoms with Crippen LogP contribution in [0.3, 0.4) is 0 Å². The van der Waals surface area contributed by atoms with Crippen molar-refractivity contribution < 1.29 is 14.1 Å². The molecule has 0 aliphatic heterocycles. The Kier molecular flexibility index (Phi) is 6.08. The molecule has 0 aliphatic rings. The zero-order valence-electron chi connectivity index (χ0n) is 17.4. The van der Waals surface area contributed by atoms with Gasteiger partial charge in [-0.2, -0.15) is 4.98 Å². The molecule has 31 heavy (non-hydrogen) atoms. The number of para-hydroxylation sites is 2. The highest BCUT2D eigenvalue weighted by Gasteiger charge is 2.16. The van der Waals surface area contributed by atoms with Crippen LogP contribution in [0, 0.1) is 0 Å². The third-order valence-electron chi connectivity index (χ3n) is 4.82. The number of aromatic nitrogens is 2. The van der Waals surface area contributed by atoms with Crippen LogP contribution in [0.15, 0.2) is 83.4 Å². The van der Waals surface area contributed by atoms with Gasteiger partial charge in [0.1, 0.15) is 5.75 Å². The van der Waals surface area contributed by atoms with Gasteiger partial charge < -0.3 is 14.6 Å². The molecule has 4 aromatic rings. The summed E-state index contributed by atoms with van der Waals surface area (Å²) in [4.78, 5) is 17.2. The molecule has 1 aromatic heterocycles. The summed E-state index contributed by atoms with van der Waals surface area (Å²) < 4.78 is 11.1. The zero-order chi connectivity index (χ0) is 21.6. The molecular weight excluding hydrogens is 390 g/mol. The van der Waals surface area contributed by atoms with E-state index in [2.05, 4.69) is 29.3 Å².